The Balaban J connectivity index is 1.79. The quantitative estimate of drug-likeness (QED) is 0.794. The zero-order valence-electron chi connectivity index (χ0n) is 14.9. The van der Waals surface area contributed by atoms with E-state index in [-0.39, 0.29) is 6.54 Å². The Bertz CT molecular complexity index is 902. The summed E-state index contributed by atoms with van der Waals surface area (Å²) in [5.41, 5.74) is -0.857. The number of benzene rings is 2. The van der Waals surface area contributed by atoms with Gasteiger partial charge in [0.2, 0.25) is 0 Å². The lowest BCUT2D eigenvalue weighted by Gasteiger charge is -2.23. The van der Waals surface area contributed by atoms with Crippen molar-refractivity contribution in [1.29, 1.82) is 0 Å². The van der Waals surface area contributed by atoms with E-state index in [4.69, 9.17) is 0 Å². The molecule has 0 aliphatic carbocycles. The van der Waals surface area contributed by atoms with Crippen LogP contribution in [-0.2, 0) is 15.7 Å². The Morgan fingerprint density at radius 3 is 2.34 bits per heavy atom. The van der Waals surface area contributed by atoms with Crippen molar-refractivity contribution in [2.75, 3.05) is 18.5 Å². The zero-order chi connectivity index (χ0) is 21.0. The summed E-state index contributed by atoms with van der Waals surface area (Å²) in [6.07, 6.45) is -5.49. The molecule has 1 aliphatic heterocycles. The lowest BCUT2D eigenvalue weighted by molar-refractivity contribution is -0.137. The van der Waals surface area contributed by atoms with Crippen molar-refractivity contribution < 1.29 is 32.3 Å². The first kappa shape index (κ1) is 20.2. The van der Waals surface area contributed by atoms with Crippen LogP contribution in [0.25, 0.3) is 0 Å². The van der Waals surface area contributed by atoms with Gasteiger partial charge >= 0.3 is 18.3 Å². The van der Waals surface area contributed by atoms with Crippen LogP contribution in [0.3, 0.4) is 0 Å². The van der Waals surface area contributed by atoms with Gasteiger partial charge in [0.05, 0.1) is 23.8 Å². The SMILES string of the molecule is O=C(Nc1ccccc1C(F)(F)F)N[C@H](CN1C(=O)COC1=O)c1ccccc1. The molecule has 4 amide bonds. The van der Waals surface area contributed by atoms with Crippen LogP contribution in [0, 0.1) is 0 Å². The summed E-state index contributed by atoms with van der Waals surface area (Å²) in [5, 5.41) is 4.68. The summed E-state index contributed by atoms with van der Waals surface area (Å²) < 4.78 is 44.0. The van der Waals surface area contributed by atoms with E-state index in [0.29, 0.717) is 5.56 Å². The van der Waals surface area contributed by atoms with Gasteiger partial charge in [-0.15, -0.1) is 0 Å². The number of amides is 4. The minimum atomic E-state index is -4.64. The highest BCUT2D eigenvalue weighted by Gasteiger charge is 2.35. The Morgan fingerprint density at radius 2 is 1.72 bits per heavy atom. The van der Waals surface area contributed by atoms with E-state index in [1.54, 1.807) is 30.3 Å². The molecule has 1 heterocycles. The van der Waals surface area contributed by atoms with Crippen LogP contribution in [-0.4, -0.2) is 36.1 Å². The Hall–Kier alpha value is -3.56. The van der Waals surface area contributed by atoms with Gasteiger partial charge in [-0.3, -0.25) is 4.79 Å². The van der Waals surface area contributed by atoms with Crippen LogP contribution in [0.1, 0.15) is 17.2 Å². The van der Waals surface area contributed by atoms with Crippen molar-refractivity contribution in [3.63, 3.8) is 0 Å². The van der Waals surface area contributed by atoms with Gasteiger partial charge in [0.1, 0.15) is 0 Å². The van der Waals surface area contributed by atoms with Crippen molar-refractivity contribution in [2.24, 2.45) is 0 Å². The first-order valence-electron chi connectivity index (χ1n) is 8.51. The van der Waals surface area contributed by atoms with Crippen LogP contribution >= 0.6 is 0 Å². The average molecular weight is 407 g/mol. The summed E-state index contributed by atoms with van der Waals surface area (Å²) in [4.78, 5) is 36.8. The summed E-state index contributed by atoms with van der Waals surface area (Å²) in [6, 6.07) is 11.2. The summed E-state index contributed by atoms with van der Waals surface area (Å²) in [5.74, 6) is -0.569. The lowest BCUT2D eigenvalue weighted by Crippen LogP contribution is -2.42. The van der Waals surface area contributed by atoms with Crippen LogP contribution in [0.15, 0.2) is 54.6 Å². The van der Waals surface area contributed by atoms with E-state index in [1.807, 2.05) is 0 Å². The van der Waals surface area contributed by atoms with Crippen LogP contribution < -0.4 is 10.6 Å². The summed E-state index contributed by atoms with van der Waals surface area (Å²) in [7, 11) is 0. The van der Waals surface area contributed by atoms with Crippen molar-refractivity contribution in [3.05, 3.63) is 65.7 Å². The maximum Gasteiger partial charge on any atom is 0.418 e. The number of imide groups is 1. The smallest absolute Gasteiger partial charge is 0.418 e. The molecule has 29 heavy (non-hydrogen) atoms. The molecule has 7 nitrogen and oxygen atoms in total. The molecule has 0 spiro atoms. The number of para-hydroxylation sites is 1. The van der Waals surface area contributed by atoms with Gasteiger partial charge in [-0.2, -0.15) is 13.2 Å². The molecule has 3 rings (SSSR count). The highest BCUT2D eigenvalue weighted by Crippen LogP contribution is 2.34. The second kappa shape index (κ2) is 8.21. The molecule has 10 heteroatoms. The van der Waals surface area contributed by atoms with Gasteiger partial charge < -0.3 is 15.4 Å². The molecule has 0 saturated carbocycles. The van der Waals surface area contributed by atoms with Gasteiger partial charge in [0.25, 0.3) is 5.91 Å². The largest absolute Gasteiger partial charge is 0.439 e. The summed E-state index contributed by atoms with van der Waals surface area (Å²) >= 11 is 0. The molecule has 1 saturated heterocycles. The number of hydrogen-bond acceptors (Lipinski definition) is 4. The number of cyclic esters (lactones) is 1. The highest BCUT2D eigenvalue weighted by molar-refractivity contribution is 5.98. The zero-order valence-corrected chi connectivity index (χ0v) is 14.9. The number of hydrogen-bond donors (Lipinski definition) is 2. The fraction of sp³-hybridized carbons (Fsp3) is 0.211. The molecule has 2 aromatic rings. The van der Waals surface area contributed by atoms with E-state index in [1.165, 1.54) is 12.1 Å². The third-order valence-corrected chi connectivity index (χ3v) is 4.19. The number of halogens is 3. The molecule has 2 N–H and O–H groups in total. The van der Waals surface area contributed by atoms with E-state index >= 15 is 0 Å². The molecular formula is C19H16F3N3O4. The van der Waals surface area contributed by atoms with Crippen LogP contribution in [0.2, 0.25) is 0 Å². The monoisotopic (exact) mass is 407 g/mol. The molecule has 0 radical (unpaired) electrons. The average Bonchev–Trinajstić information content (AvgIpc) is 2.99. The van der Waals surface area contributed by atoms with Crippen LogP contribution in [0.4, 0.5) is 28.4 Å². The first-order valence-corrected chi connectivity index (χ1v) is 8.51. The maximum absolute atomic E-state index is 13.1. The molecule has 0 bridgehead atoms. The third-order valence-electron chi connectivity index (χ3n) is 4.19. The van der Waals surface area contributed by atoms with Crippen molar-refractivity contribution >= 4 is 23.7 Å². The number of carbonyl (C=O) groups is 3. The second-order valence-corrected chi connectivity index (χ2v) is 6.16. The Morgan fingerprint density at radius 1 is 1.07 bits per heavy atom. The molecular weight excluding hydrogens is 391 g/mol. The van der Waals surface area contributed by atoms with Gasteiger partial charge in [0, 0.05) is 0 Å². The van der Waals surface area contributed by atoms with Crippen molar-refractivity contribution in [1.82, 2.24) is 10.2 Å². The van der Waals surface area contributed by atoms with Crippen molar-refractivity contribution in [3.8, 4) is 0 Å². The van der Waals surface area contributed by atoms with Gasteiger partial charge in [-0.25, -0.2) is 14.5 Å². The summed E-state index contributed by atoms with van der Waals surface area (Å²) in [6.45, 7) is -0.623. The molecule has 152 valence electrons. The number of urea groups is 1. The van der Waals surface area contributed by atoms with E-state index < -0.39 is 48.1 Å². The third kappa shape index (κ3) is 4.84. The Kier molecular flexibility index (Phi) is 5.71. The van der Waals surface area contributed by atoms with Gasteiger partial charge in [-0.05, 0) is 17.7 Å². The number of rotatable bonds is 5. The molecule has 0 aromatic heterocycles. The predicted molar refractivity (Wildman–Crippen MR) is 95.8 cm³/mol. The first-order chi connectivity index (χ1) is 13.8. The topological polar surface area (TPSA) is 87.7 Å². The molecule has 1 fully saturated rings. The maximum atomic E-state index is 13.1. The molecule has 1 atom stereocenters. The fourth-order valence-electron chi connectivity index (χ4n) is 2.82. The fourth-order valence-corrected chi connectivity index (χ4v) is 2.82. The minimum absolute atomic E-state index is 0.226. The van der Waals surface area contributed by atoms with E-state index in [0.717, 1.165) is 17.0 Å². The number of anilines is 1. The lowest BCUT2D eigenvalue weighted by atomic mass is 10.1. The van der Waals surface area contributed by atoms with E-state index in [2.05, 4.69) is 15.4 Å². The molecule has 0 unspecified atom stereocenters. The normalized spacial score (nSPS) is 15.1. The number of ether oxygens (including phenoxy) is 1. The number of nitrogens with zero attached hydrogens (tertiary/aromatic N) is 1. The molecule has 2 aromatic carbocycles. The number of nitrogens with one attached hydrogen (secondary N) is 2. The number of alkyl halides is 3. The predicted octanol–water partition coefficient (Wildman–Crippen LogP) is 3.55. The van der Waals surface area contributed by atoms with Gasteiger partial charge in [0.15, 0.2) is 6.61 Å². The highest BCUT2D eigenvalue weighted by atomic mass is 19.4. The molecule has 1 aliphatic rings. The Labute approximate surface area is 163 Å². The number of carbonyl (C=O) groups excluding carboxylic acids is 3. The minimum Gasteiger partial charge on any atom is -0.439 e. The van der Waals surface area contributed by atoms with E-state index in [9.17, 15) is 27.6 Å². The van der Waals surface area contributed by atoms with Gasteiger partial charge in [-0.1, -0.05) is 42.5 Å². The van der Waals surface area contributed by atoms with Crippen LogP contribution in [0.5, 0.6) is 0 Å². The van der Waals surface area contributed by atoms with Crippen molar-refractivity contribution in [2.45, 2.75) is 12.2 Å². The standard InChI is InChI=1S/C19H16F3N3O4/c20-19(21,22)13-8-4-5-9-14(13)23-17(27)24-15(12-6-2-1-3-7-12)10-25-16(26)11-29-18(25)28/h1-9,15H,10-11H2,(H2,23,24,27)/t15-/m1/s1. The second-order valence-electron chi connectivity index (χ2n) is 6.16.